The number of aliphatic hydroxyl groups excluding tert-OH is 1. The Labute approximate surface area is 148 Å². The molecule has 0 fully saturated rings. The monoisotopic (exact) mass is 340 g/mol. The molecule has 1 amide bonds. The van der Waals surface area contributed by atoms with Crippen LogP contribution in [0.4, 0.5) is 17.1 Å². The Morgan fingerprint density at radius 2 is 1.72 bits per heavy atom. The summed E-state index contributed by atoms with van der Waals surface area (Å²) < 4.78 is 0. The van der Waals surface area contributed by atoms with Gasteiger partial charge in [-0.2, -0.15) is 5.11 Å². The molecule has 0 bridgehead atoms. The van der Waals surface area contributed by atoms with Crippen molar-refractivity contribution in [3.05, 3.63) is 54.1 Å². The quantitative estimate of drug-likeness (QED) is 0.783. The van der Waals surface area contributed by atoms with Crippen molar-refractivity contribution in [2.75, 3.05) is 38.7 Å². The third kappa shape index (κ3) is 4.87. The van der Waals surface area contributed by atoms with Gasteiger partial charge in [0.05, 0.1) is 23.5 Å². The van der Waals surface area contributed by atoms with Crippen molar-refractivity contribution >= 4 is 23.0 Å². The summed E-state index contributed by atoms with van der Waals surface area (Å²) in [4.78, 5) is 16.2. The van der Waals surface area contributed by atoms with Crippen LogP contribution >= 0.6 is 0 Å². The van der Waals surface area contributed by atoms with Crippen molar-refractivity contribution in [2.45, 2.75) is 6.92 Å². The second-order valence-corrected chi connectivity index (χ2v) is 5.74. The van der Waals surface area contributed by atoms with E-state index in [-0.39, 0.29) is 12.5 Å². The SMILES string of the molecule is CCN(CCO)C(=O)c1ccccc1N=Nc1ccc(N(C)C)cc1. The number of rotatable bonds is 7. The van der Waals surface area contributed by atoms with Gasteiger partial charge in [-0.25, -0.2) is 0 Å². The maximum absolute atomic E-state index is 12.6. The lowest BCUT2D eigenvalue weighted by Gasteiger charge is -2.20. The predicted molar refractivity (Wildman–Crippen MR) is 100 cm³/mol. The van der Waals surface area contributed by atoms with Gasteiger partial charge in [0.2, 0.25) is 0 Å². The van der Waals surface area contributed by atoms with E-state index in [0.717, 1.165) is 11.4 Å². The van der Waals surface area contributed by atoms with Crippen LogP contribution in [0.2, 0.25) is 0 Å². The summed E-state index contributed by atoms with van der Waals surface area (Å²) in [6, 6.07) is 14.8. The van der Waals surface area contributed by atoms with Crippen molar-refractivity contribution in [1.29, 1.82) is 0 Å². The van der Waals surface area contributed by atoms with Crippen LogP contribution in [0.5, 0.6) is 0 Å². The zero-order chi connectivity index (χ0) is 18.2. The molecule has 2 rings (SSSR count). The van der Waals surface area contributed by atoms with Crippen molar-refractivity contribution in [3.63, 3.8) is 0 Å². The third-order valence-electron chi connectivity index (χ3n) is 3.81. The molecule has 0 radical (unpaired) electrons. The van der Waals surface area contributed by atoms with E-state index in [1.54, 1.807) is 23.1 Å². The molecular formula is C19H24N4O2. The van der Waals surface area contributed by atoms with Gasteiger partial charge in [0, 0.05) is 32.9 Å². The summed E-state index contributed by atoms with van der Waals surface area (Å²) in [6.07, 6.45) is 0. The Morgan fingerprint density at radius 3 is 2.32 bits per heavy atom. The molecule has 0 aromatic heterocycles. The highest BCUT2D eigenvalue weighted by Gasteiger charge is 2.16. The molecule has 2 aromatic rings. The van der Waals surface area contributed by atoms with Crippen LogP contribution in [-0.2, 0) is 0 Å². The van der Waals surface area contributed by atoms with E-state index in [9.17, 15) is 4.79 Å². The topological polar surface area (TPSA) is 68.5 Å². The molecule has 0 unspecified atom stereocenters. The Morgan fingerprint density at radius 1 is 1.04 bits per heavy atom. The van der Waals surface area contributed by atoms with Crippen molar-refractivity contribution in [2.24, 2.45) is 10.2 Å². The van der Waals surface area contributed by atoms with Crippen LogP contribution in [0.25, 0.3) is 0 Å². The lowest BCUT2D eigenvalue weighted by Crippen LogP contribution is -2.33. The van der Waals surface area contributed by atoms with Gasteiger partial charge in [-0.3, -0.25) is 4.79 Å². The fourth-order valence-corrected chi connectivity index (χ4v) is 2.37. The van der Waals surface area contributed by atoms with E-state index in [1.807, 2.05) is 56.3 Å². The third-order valence-corrected chi connectivity index (χ3v) is 3.81. The van der Waals surface area contributed by atoms with Crippen molar-refractivity contribution in [3.8, 4) is 0 Å². The number of amides is 1. The number of hydrogen-bond acceptors (Lipinski definition) is 5. The summed E-state index contributed by atoms with van der Waals surface area (Å²) in [5.74, 6) is -0.158. The fraction of sp³-hybridized carbons (Fsp3) is 0.316. The molecule has 0 aliphatic rings. The second-order valence-electron chi connectivity index (χ2n) is 5.74. The first-order valence-electron chi connectivity index (χ1n) is 8.25. The largest absolute Gasteiger partial charge is 0.395 e. The molecule has 0 atom stereocenters. The molecular weight excluding hydrogens is 316 g/mol. The molecule has 0 aliphatic carbocycles. The molecule has 0 saturated carbocycles. The van der Waals surface area contributed by atoms with Crippen LogP contribution in [0.1, 0.15) is 17.3 Å². The van der Waals surface area contributed by atoms with Gasteiger partial charge in [-0.15, -0.1) is 5.11 Å². The van der Waals surface area contributed by atoms with E-state index in [1.165, 1.54) is 0 Å². The highest BCUT2D eigenvalue weighted by molar-refractivity contribution is 5.98. The van der Waals surface area contributed by atoms with Crippen LogP contribution in [0.15, 0.2) is 58.8 Å². The number of carbonyl (C=O) groups is 1. The van der Waals surface area contributed by atoms with Gasteiger partial charge in [0.1, 0.15) is 0 Å². The minimum atomic E-state index is -0.158. The number of nitrogens with zero attached hydrogens (tertiary/aromatic N) is 4. The van der Waals surface area contributed by atoms with Crippen LogP contribution in [0.3, 0.4) is 0 Å². The smallest absolute Gasteiger partial charge is 0.256 e. The maximum atomic E-state index is 12.6. The Balaban J connectivity index is 2.23. The average molecular weight is 340 g/mol. The molecule has 25 heavy (non-hydrogen) atoms. The Kier molecular flexibility index (Phi) is 6.65. The van der Waals surface area contributed by atoms with E-state index < -0.39 is 0 Å². The van der Waals surface area contributed by atoms with E-state index in [0.29, 0.717) is 24.3 Å². The molecule has 6 nitrogen and oxygen atoms in total. The van der Waals surface area contributed by atoms with Crippen LogP contribution in [0, 0.1) is 0 Å². The number of likely N-dealkylation sites (N-methyl/N-ethyl adjacent to an activating group) is 1. The summed E-state index contributed by atoms with van der Waals surface area (Å²) in [5.41, 5.74) is 2.79. The molecule has 0 aliphatic heterocycles. The maximum Gasteiger partial charge on any atom is 0.256 e. The lowest BCUT2D eigenvalue weighted by atomic mass is 10.1. The minimum Gasteiger partial charge on any atom is -0.395 e. The summed E-state index contributed by atoms with van der Waals surface area (Å²) in [5, 5.41) is 17.6. The van der Waals surface area contributed by atoms with E-state index in [4.69, 9.17) is 5.11 Å². The molecule has 0 saturated heterocycles. The number of carbonyl (C=O) groups excluding carboxylic acids is 1. The number of azo groups is 1. The van der Waals surface area contributed by atoms with Gasteiger partial charge in [0.25, 0.3) is 5.91 Å². The van der Waals surface area contributed by atoms with Gasteiger partial charge in [-0.05, 0) is 43.3 Å². The van der Waals surface area contributed by atoms with E-state index in [2.05, 4.69) is 10.2 Å². The normalized spacial score (nSPS) is 10.9. The van der Waals surface area contributed by atoms with Gasteiger partial charge in [0.15, 0.2) is 0 Å². The fourth-order valence-electron chi connectivity index (χ4n) is 2.37. The second kappa shape index (κ2) is 8.94. The zero-order valence-corrected chi connectivity index (χ0v) is 14.9. The zero-order valence-electron chi connectivity index (χ0n) is 14.9. The first-order valence-corrected chi connectivity index (χ1v) is 8.25. The van der Waals surface area contributed by atoms with Crippen LogP contribution < -0.4 is 4.90 Å². The van der Waals surface area contributed by atoms with Crippen LogP contribution in [-0.4, -0.2) is 49.7 Å². The standard InChI is InChI=1S/C19H24N4O2/c1-4-23(13-14-24)19(25)17-7-5-6-8-18(17)21-20-15-9-11-16(12-10-15)22(2)3/h5-12,24H,4,13-14H2,1-3H3. The van der Waals surface area contributed by atoms with E-state index >= 15 is 0 Å². The molecule has 6 heteroatoms. The highest BCUT2D eigenvalue weighted by atomic mass is 16.3. The average Bonchev–Trinajstić information content (AvgIpc) is 2.64. The molecule has 0 spiro atoms. The molecule has 2 aromatic carbocycles. The van der Waals surface area contributed by atoms with Gasteiger partial charge in [-0.1, -0.05) is 12.1 Å². The van der Waals surface area contributed by atoms with Gasteiger partial charge >= 0.3 is 0 Å². The first-order chi connectivity index (χ1) is 12.1. The van der Waals surface area contributed by atoms with Crippen molar-refractivity contribution in [1.82, 2.24) is 4.90 Å². The predicted octanol–water partition coefficient (Wildman–Crippen LogP) is 3.62. The Hall–Kier alpha value is -2.73. The number of aliphatic hydroxyl groups is 1. The molecule has 132 valence electrons. The minimum absolute atomic E-state index is 0.0680. The molecule has 0 heterocycles. The van der Waals surface area contributed by atoms with Crippen molar-refractivity contribution < 1.29 is 9.90 Å². The summed E-state index contributed by atoms with van der Waals surface area (Å²) in [7, 11) is 3.95. The number of hydrogen-bond donors (Lipinski definition) is 1. The summed E-state index contributed by atoms with van der Waals surface area (Å²) >= 11 is 0. The lowest BCUT2D eigenvalue weighted by molar-refractivity contribution is 0.0733. The molecule has 1 N–H and O–H groups in total. The summed E-state index contributed by atoms with van der Waals surface area (Å²) in [6.45, 7) is 2.63. The Bertz CT molecular complexity index is 726. The van der Waals surface area contributed by atoms with Gasteiger partial charge < -0.3 is 14.9 Å². The first kappa shape index (κ1) is 18.6. The number of anilines is 1. The number of benzene rings is 2. The highest BCUT2D eigenvalue weighted by Crippen LogP contribution is 2.24.